The molecule has 0 aliphatic heterocycles. The van der Waals surface area contributed by atoms with Crippen LogP contribution in [-0.2, 0) is 29.9 Å². The third-order valence-corrected chi connectivity index (χ3v) is 6.53. The number of carbonyl (C=O) groups is 1. The average molecular weight is 372 g/mol. The summed E-state index contributed by atoms with van der Waals surface area (Å²) in [6.07, 6.45) is 2.93. The van der Waals surface area contributed by atoms with Crippen molar-refractivity contribution in [1.82, 2.24) is 9.55 Å². The second-order valence-corrected chi connectivity index (χ2v) is 8.02. The first-order chi connectivity index (χ1) is 12.1. The zero-order chi connectivity index (χ0) is 17.4. The Bertz CT molecular complexity index is 1010. The van der Waals surface area contributed by atoms with E-state index in [9.17, 15) is 14.7 Å². The summed E-state index contributed by atoms with van der Waals surface area (Å²) in [7, 11) is 0. The van der Waals surface area contributed by atoms with Gasteiger partial charge in [0.05, 0.1) is 5.39 Å². The zero-order valence-electron chi connectivity index (χ0n) is 13.4. The van der Waals surface area contributed by atoms with Crippen LogP contribution < -0.4 is 5.56 Å². The summed E-state index contributed by atoms with van der Waals surface area (Å²) in [5.41, 5.74) is 1.97. The van der Waals surface area contributed by atoms with Gasteiger partial charge in [-0.25, -0.2) is 4.98 Å². The maximum Gasteiger partial charge on any atom is 0.323 e. The smallest absolute Gasteiger partial charge is 0.323 e. The maximum atomic E-state index is 13.0. The van der Waals surface area contributed by atoms with E-state index in [4.69, 9.17) is 0 Å². The fourth-order valence-corrected chi connectivity index (χ4v) is 5.42. The van der Waals surface area contributed by atoms with Crippen molar-refractivity contribution in [2.24, 2.45) is 0 Å². The van der Waals surface area contributed by atoms with Gasteiger partial charge < -0.3 is 5.11 Å². The van der Waals surface area contributed by atoms with Crippen LogP contribution in [0.2, 0.25) is 0 Å². The molecular weight excluding hydrogens is 356 g/mol. The molecule has 0 amide bonds. The second-order valence-electron chi connectivity index (χ2n) is 5.99. The van der Waals surface area contributed by atoms with Crippen molar-refractivity contribution < 1.29 is 9.90 Å². The standard InChI is InChI=1S/C18H16N2O3S2/c21-14(22)9-20-17(23)15-12-7-4-8-13(12)25-16(15)19-18(20)24-10-11-5-2-1-3-6-11/h1-3,5-6H,4,7-10H2,(H,21,22). The number of aryl methyl sites for hydroxylation is 2. The summed E-state index contributed by atoms with van der Waals surface area (Å²) in [6.45, 7) is -0.358. The number of benzene rings is 1. The van der Waals surface area contributed by atoms with E-state index in [1.165, 1.54) is 21.2 Å². The van der Waals surface area contributed by atoms with Gasteiger partial charge in [-0.2, -0.15) is 0 Å². The number of hydrogen-bond donors (Lipinski definition) is 1. The number of aromatic nitrogens is 2. The van der Waals surface area contributed by atoms with Crippen molar-refractivity contribution in [1.29, 1.82) is 0 Å². The predicted octanol–water partition coefficient (Wildman–Crippen LogP) is 3.32. The molecule has 2 aromatic heterocycles. The van der Waals surface area contributed by atoms with E-state index in [1.54, 1.807) is 11.3 Å². The van der Waals surface area contributed by atoms with Gasteiger partial charge in [-0.3, -0.25) is 14.2 Å². The van der Waals surface area contributed by atoms with Gasteiger partial charge in [0.25, 0.3) is 5.56 Å². The lowest BCUT2D eigenvalue weighted by molar-refractivity contribution is -0.137. The molecule has 128 valence electrons. The molecule has 0 radical (unpaired) electrons. The molecule has 0 atom stereocenters. The second kappa shape index (κ2) is 6.65. The Morgan fingerprint density at radius 2 is 2.08 bits per heavy atom. The number of carboxylic acids is 1. The maximum absolute atomic E-state index is 13.0. The molecule has 0 bridgehead atoms. The molecule has 0 saturated carbocycles. The number of rotatable bonds is 5. The highest BCUT2D eigenvalue weighted by Crippen LogP contribution is 2.35. The van der Waals surface area contributed by atoms with Crippen LogP contribution in [0.5, 0.6) is 0 Å². The lowest BCUT2D eigenvalue weighted by Gasteiger charge is -2.10. The van der Waals surface area contributed by atoms with Crippen LogP contribution in [-0.4, -0.2) is 20.6 Å². The van der Waals surface area contributed by atoms with Crippen LogP contribution in [0, 0.1) is 0 Å². The topological polar surface area (TPSA) is 72.2 Å². The molecule has 0 saturated heterocycles. The zero-order valence-corrected chi connectivity index (χ0v) is 15.0. The molecule has 5 nitrogen and oxygen atoms in total. The quantitative estimate of drug-likeness (QED) is 0.549. The number of thioether (sulfide) groups is 1. The fraction of sp³-hybridized carbons (Fsp3) is 0.278. The van der Waals surface area contributed by atoms with Crippen LogP contribution in [0.3, 0.4) is 0 Å². The minimum atomic E-state index is -1.03. The lowest BCUT2D eigenvalue weighted by atomic mass is 10.2. The fourth-order valence-electron chi connectivity index (χ4n) is 3.17. The average Bonchev–Trinajstić information content (AvgIpc) is 3.17. The van der Waals surface area contributed by atoms with Crippen molar-refractivity contribution in [3.05, 3.63) is 56.7 Å². The van der Waals surface area contributed by atoms with Crippen molar-refractivity contribution in [2.45, 2.75) is 36.7 Å². The van der Waals surface area contributed by atoms with E-state index in [-0.39, 0.29) is 12.1 Å². The number of carboxylic acid groups (broad SMARTS) is 1. The minimum absolute atomic E-state index is 0.220. The minimum Gasteiger partial charge on any atom is -0.480 e. The molecule has 25 heavy (non-hydrogen) atoms. The molecule has 3 aromatic rings. The monoisotopic (exact) mass is 372 g/mol. The Kier molecular flexibility index (Phi) is 4.35. The van der Waals surface area contributed by atoms with Crippen LogP contribution >= 0.6 is 23.1 Å². The van der Waals surface area contributed by atoms with Crippen molar-refractivity contribution in [3.8, 4) is 0 Å². The molecule has 7 heteroatoms. The molecule has 0 unspecified atom stereocenters. The Labute approximate surface area is 152 Å². The molecule has 1 aliphatic rings. The van der Waals surface area contributed by atoms with Gasteiger partial charge >= 0.3 is 5.97 Å². The van der Waals surface area contributed by atoms with E-state index in [0.717, 1.165) is 35.2 Å². The van der Waals surface area contributed by atoms with Crippen LogP contribution in [0.25, 0.3) is 10.2 Å². The van der Waals surface area contributed by atoms with Gasteiger partial charge in [-0.15, -0.1) is 11.3 Å². The highest BCUT2D eigenvalue weighted by Gasteiger charge is 2.23. The normalized spacial score (nSPS) is 13.3. The van der Waals surface area contributed by atoms with Gasteiger partial charge in [-0.1, -0.05) is 42.1 Å². The Morgan fingerprint density at radius 1 is 1.28 bits per heavy atom. The van der Waals surface area contributed by atoms with Gasteiger partial charge in [-0.05, 0) is 30.4 Å². The van der Waals surface area contributed by atoms with E-state index in [0.29, 0.717) is 16.3 Å². The van der Waals surface area contributed by atoms with Crippen LogP contribution in [0.1, 0.15) is 22.4 Å². The van der Waals surface area contributed by atoms with Crippen LogP contribution in [0.4, 0.5) is 0 Å². The molecule has 4 rings (SSSR count). The third-order valence-electron chi connectivity index (χ3n) is 4.29. The molecule has 0 spiro atoms. The number of nitrogens with zero attached hydrogens (tertiary/aromatic N) is 2. The van der Waals surface area contributed by atoms with E-state index < -0.39 is 5.97 Å². The molecule has 1 N–H and O–H groups in total. The number of aliphatic carboxylic acids is 1. The molecule has 0 fully saturated rings. The molecular formula is C18H16N2O3S2. The first-order valence-corrected chi connectivity index (χ1v) is 9.87. The van der Waals surface area contributed by atoms with Gasteiger partial charge in [0.15, 0.2) is 5.16 Å². The summed E-state index contributed by atoms with van der Waals surface area (Å²) >= 11 is 2.99. The van der Waals surface area contributed by atoms with Gasteiger partial charge in [0.2, 0.25) is 0 Å². The molecule has 1 aliphatic carbocycles. The number of thiophene rings is 1. The third kappa shape index (κ3) is 3.09. The van der Waals surface area contributed by atoms with E-state index in [2.05, 4.69) is 4.98 Å². The van der Waals surface area contributed by atoms with E-state index in [1.807, 2.05) is 30.3 Å². The largest absolute Gasteiger partial charge is 0.480 e. The van der Waals surface area contributed by atoms with Crippen LogP contribution in [0.15, 0.2) is 40.3 Å². The Morgan fingerprint density at radius 3 is 2.84 bits per heavy atom. The lowest BCUT2D eigenvalue weighted by Crippen LogP contribution is -2.26. The van der Waals surface area contributed by atoms with Crippen molar-refractivity contribution >= 4 is 39.3 Å². The first kappa shape index (κ1) is 16.4. The number of fused-ring (bicyclic) bond motifs is 3. The summed E-state index contributed by atoms with van der Waals surface area (Å²) in [5, 5.41) is 10.3. The van der Waals surface area contributed by atoms with E-state index >= 15 is 0 Å². The molecule has 2 heterocycles. The van der Waals surface area contributed by atoms with Crippen molar-refractivity contribution in [2.75, 3.05) is 0 Å². The summed E-state index contributed by atoms with van der Waals surface area (Å²) in [6, 6.07) is 9.88. The molecule has 1 aromatic carbocycles. The summed E-state index contributed by atoms with van der Waals surface area (Å²) < 4.78 is 1.31. The predicted molar refractivity (Wildman–Crippen MR) is 99.5 cm³/mol. The summed E-state index contributed by atoms with van der Waals surface area (Å²) in [5.74, 6) is -0.388. The SMILES string of the molecule is O=C(O)Cn1c(SCc2ccccc2)nc2sc3c(c2c1=O)CCC3. The highest BCUT2D eigenvalue weighted by atomic mass is 32.2. The van der Waals surface area contributed by atoms with Gasteiger partial charge in [0.1, 0.15) is 11.4 Å². The Balaban J connectivity index is 1.79. The number of hydrogen-bond acceptors (Lipinski definition) is 5. The summed E-state index contributed by atoms with van der Waals surface area (Å²) in [4.78, 5) is 30.9. The highest BCUT2D eigenvalue weighted by molar-refractivity contribution is 7.98. The first-order valence-electron chi connectivity index (χ1n) is 8.07. The Hall–Kier alpha value is -2.12. The van der Waals surface area contributed by atoms with Crippen molar-refractivity contribution in [3.63, 3.8) is 0 Å². The van der Waals surface area contributed by atoms with Gasteiger partial charge in [0, 0.05) is 10.6 Å².